The summed E-state index contributed by atoms with van der Waals surface area (Å²) in [6.45, 7) is 0.253. The summed E-state index contributed by atoms with van der Waals surface area (Å²) in [5.74, 6) is 0.576. The van der Waals surface area contributed by atoms with Gasteiger partial charge in [-0.2, -0.15) is 5.26 Å². The first kappa shape index (κ1) is 15.3. The van der Waals surface area contributed by atoms with Gasteiger partial charge in [-0.05, 0) is 23.8 Å². The number of carbonyl (C=O) groups excluding carboxylic acids is 1. The second-order valence-corrected chi connectivity index (χ2v) is 4.40. The van der Waals surface area contributed by atoms with Crippen molar-refractivity contribution in [2.75, 3.05) is 13.7 Å². The molecule has 0 unspecified atom stereocenters. The highest BCUT2D eigenvalue weighted by atomic mass is 16.5. The first-order valence-corrected chi connectivity index (χ1v) is 6.59. The minimum Gasteiger partial charge on any atom is -0.493 e. The second kappa shape index (κ2) is 7.64. The number of aromatic nitrogens is 1. The Labute approximate surface area is 128 Å². The average Bonchev–Trinajstić information content (AvgIpc) is 2.58. The third kappa shape index (κ3) is 4.21. The van der Waals surface area contributed by atoms with Gasteiger partial charge in [0.15, 0.2) is 18.1 Å². The largest absolute Gasteiger partial charge is 0.493 e. The summed E-state index contributed by atoms with van der Waals surface area (Å²) in [6.07, 6.45) is 3.36. The van der Waals surface area contributed by atoms with Crippen molar-refractivity contribution < 1.29 is 14.3 Å². The number of hydrogen-bond donors (Lipinski definition) is 1. The van der Waals surface area contributed by atoms with Crippen molar-refractivity contribution in [3.05, 3.63) is 53.9 Å². The molecule has 1 heterocycles. The number of pyridine rings is 1. The number of rotatable bonds is 6. The second-order valence-electron chi connectivity index (χ2n) is 4.40. The molecular formula is C16H15N3O3. The first-order valence-electron chi connectivity index (χ1n) is 6.59. The molecule has 2 aromatic rings. The number of nitrogens with zero attached hydrogens (tertiary/aromatic N) is 2. The van der Waals surface area contributed by atoms with Gasteiger partial charge in [-0.1, -0.05) is 6.07 Å². The van der Waals surface area contributed by atoms with Crippen molar-refractivity contribution in [1.82, 2.24) is 10.3 Å². The van der Waals surface area contributed by atoms with E-state index in [0.717, 1.165) is 5.56 Å². The van der Waals surface area contributed by atoms with Crippen LogP contribution >= 0.6 is 0 Å². The molecular weight excluding hydrogens is 282 g/mol. The predicted octanol–water partition coefficient (Wildman–Crippen LogP) is 1.66. The zero-order valence-corrected chi connectivity index (χ0v) is 12.1. The molecule has 1 amide bonds. The SMILES string of the molecule is COc1cc(C#N)ccc1OCC(=O)NCc1cccnc1. The van der Waals surface area contributed by atoms with Crippen LogP contribution in [-0.2, 0) is 11.3 Å². The highest BCUT2D eigenvalue weighted by Gasteiger charge is 2.08. The van der Waals surface area contributed by atoms with Gasteiger partial charge < -0.3 is 14.8 Å². The van der Waals surface area contributed by atoms with Gasteiger partial charge in [0.2, 0.25) is 0 Å². The van der Waals surface area contributed by atoms with Gasteiger partial charge in [0.05, 0.1) is 18.7 Å². The van der Waals surface area contributed by atoms with Crippen LogP contribution in [0, 0.1) is 11.3 Å². The molecule has 0 saturated carbocycles. The van der Waals surface area contributed by atoms with E-state index >= 15 is 0 Å². The molecule has 2 rings (SSSR count). The highest BCUT2D eigenvalue weighted by molar-refractivity contribution is 5.77. The van der Waals surface area contributed by atoms with E-state index in [-0.39, 0.29) is 12.5 Å². The molecule has 0 aliphatic rings. The molecule has 0 atom stereocenters. The fourth-order valence-electron chi connectivity index (χ4n) is 1.75. The van der Waals surface area contributed by atoms with E-state index in [4.69, 9.17) is 14.7 Å². The van der Waals surface area contributed by atoms with Crippen molar-refractivity contribution >= 4 is 5.91 Å². The van der Waals surface area contributed by atoms with Crippen LogP contribution in [0.2, 0.25) is 0 Å². The van der Waals surface area contributed by atoms with Crippen LogP contribution in [0.5, 0.6) is 11.5 Å². The van der Waals surface area contributed by atoms with Crippen molar-refractivity contribution in [2.45, 2.75) is 6.54 Å². The van der Waals surface area contributed by atoms with Gasteiger partial charge in [0.1, 0.15) is 0 Å². The molecule has 0 fully saturated rings. The van der Waals surface area contributed by atoms with Crippen LogP contribution in [0.1, 0.15) is 11.1 Å². The van der Waals surface area contributed by atoms with Crippen LogP contribution in [0.25, 0.3) is 0 Å². The topological polar surface area (TPSA) is 84.2 Å². The molecule has 0 aliphatic carbocycles. The standard InChI is InChI=1S/C16H15N3O3/c1-21-15-7-12(8-17)4-5-14(15)22-11-16(20)19-10-13-3-2-6-18-9-13/h2-7,9H,10-11H2,1H3,(H,19,20). The molecule has 112 valence electrons. The molecule has 6 nitrogen and oxygen atoms in total. The summed E-state index contributed by atoms with van der Waals surface area (Å²) in [4.78, 5) is 15.7. The molecule has 1 aromatic carbocycles. The Balaban J connectivity index is 1.87. The van der Waals surface area contributed by atoms with Crippen LogP contribution < -0.4 is 14.8 Å². The fourth-order valence-corrected chi connectivity index (χ4v) is 1.75. The number of benzene rings is 1. The number of amides is 1. The quantitative estimate of drug-likeness (QED) is 0.876. The lowest BCUT2D eigenvalue weighted by molar-refractivity contribution is -0.123. The van der Waals surface area contributed by atoms with E-state index in [9.17, 15) is 4.79 Å². The van der Waals surface area contributed by atoms with Gasteiger partial charge in [-0.25, -0.2) is 0 Å². The van der Waals surface area contributed by atoms with Crippen LogP contribution in [0.15, 0.2) is 42.7 Å². The summed E-state index contributed by atoms with van der Waals surface area (Å²) in [6, 6.07) is 10.5. The van der Waals surface area contributed by atoms with Gasteiger partial charge in [0.25, 0.3) is 5.91 Å². The van der Waals surface area contributed by atoms with E-state index in [1.54, 1.807) is 36.7 Å². The number of carbonyl (C=O) groups is 1. The number of nitrogens with one attached hydrogen (secondary N) is 1. The predicted molar refractivity (Wildman–Crippen MR) is 79.3 cm³/mol. The number of ether oxygens (including phenoxy) is 2. The normalized spacial score (nSPS) is 9.64. The van der Waals surface area contributed by atoms with Gasteiger partial charge >= 0.3 is 0 Å². The number of nitriles is 1. The Hall–Kier alpha value is -3.07. The molecule has 0 aliphatic heterocycles. The van der Waals surface area contributed by atoms with Gasteiger partial charge in [-0.3, -0.25) is 9.78 Å². The summed E-state index contributed by atoms with van der Waals surface area (Å²) in [7, 11) is 1.48. The van der Waals surface area contributed by atoms with E-state index in [2.05, 4.69) is 10.3 Å². The minimum absolute atomic E-state index is 0.136. The third-order valence-corrected chi connectivity index (χ3v) is 2.86. The monoisotopic (exact) mass is 297 g/mol. The van der Waals surface area contributed by atoms with Crippen LogP contribution in [0.4, 0.5) is 0 Å². The Morgan fingerprint density at radius 1 is 1.36 bits per heavy atom. The van der Waals surface area contributed by atoms with Crippen molar-refractivity contribution in [1.29, 1.82) is 5.26 Å². The lowest BCUT2D eigenvalue weighted by Crippen LogP contribution is -2.28. The number of hydrogen-bond acceptors (Lipinski definition) is 5. The van der Waals surface area contributed by atoms with Crippen LogP contribution in [-0.4, -0.2) is 24.6 Å². The fraction of sp³-hybridized carbons (Fsp3) is 0.188. The van der Waals surface area contributed by atoms with E-state index in [1.807, 2.05) is 12.1 Å². The van der Waals surface area contributed by atoms with Crippen molar-refractivity contribution in [2.24, 2.45) is 0 Å². The Morgan fingerprint density at radius 3 is 2.91 bits per heavy atom. The zero-order chi connectivity index (χ0) is 15.8. The first-order chi connectivity index (χ1) is 10.7. The van der Waals surface area contributed by atoms with Crippen molar-refractivity contribution in [3.63, 3.8) is 0 Å². The molecule has 0 radical (unpaired) electrons. The molecule has 22 heavy (non-hydrogen) atoms. The van der Waals surface area contributed by atoms with Crippen LogP contribution in [0.3, 0.4) is 0 Å². The van der Waals surface area contributed by atoms with Gasteiger partial charge in [-0.15, -0.1) is 0 Å². The van der Waals surface area contributed by atoms with Gasteiger partial charge in [0, 0.05) is 25.0 Å². The summed E-state index contributed by atoms with van der Waals surface area (Å²) < 4.78 is 10.5. The van der Waals surface area contributed by atoms with E-state index in [1.165, 1.54) is 7.11 Å². The lowest BCUT2D eigenvalue weighted by Gasteiger charge is -2.11. The highest BCUT2D eigenvalue weighted by Crippen LogP contribution is 2.27. The third-order valence-electron chi connectivity index (χ3n) is 2.86. The summed E-state index contributed by atoms with van der Waals surface area (Å²) in [5.41, 5.74) is 1.37. The molecule has 0 saturated heterocycles. The Morgan fingerprint density at radius 2 is 2.23 bits per heavy atom. The molecule has 6 heteroatoms. The minimum atomic E-state index is -0.254. The summed E-state index contributed by atoms with van der Waals surface area (Å²) in [5, 5.41) is 11.6. The van der Waals surface area contributed by atoms with E-state index < -0.39 is 0 Å². The molecule has 0 bridgehead atoms. The molecule has 1 aromatic heterocycles. The van der Waals surface area contributed by atoms with E-state index in [0.29, 0.717) is 23.6 Å². The maximum absolute atomic E-state index is 11.8. The molecule has 1 N–H and O–H groups in total. The summed E-state index contributed by atoms with van der Waals surface area (Å²) >= 11 is 0. The molecule has 0 spiro atoms. The smallest absolute Gasteiger partial charge is 0.258 e. The Bertz CT molecular complexity index is 681. The average molecular weight is 297 g/mol. The van der Waals surface area contributed by atoms with Crippen molar-refractivity contribution in [3.8, 4) is 17.6 Å². The number of methoxy groups -OCH3 is 1. The lowest BCUT2D eigenvalue weighted by atomic mass is 10.2. The zero-order valence-electron chi connectivity index (χ0n) is 12.1. The maximum Gasteiger partial charge on any atom is 0.258 e. The maximum atomic E-state index is 11.8. The Kier molecular flexibility index (Phi) is 5.32.